The van der Waals surface area contributed by atoms with Crippen molar-refractivity contribution in [3.8, 4) is 0 Å². The van der Waals surface area contributed by atoms with Crippen LogP contribution in [0.4, 0.5) is 13.2 Å². The summed E-state index contributed by atoms with van der Waals surface area (Å²) in [6.07, 6.45) is -2.80. The van der Waals surface area contributed by atoms with Gasteiger partial charge in [0.25, 0.3) is 0 Å². The molecule has 0 atom stereocenters. The molecule has 102 valence electrons. The van der Waals surface area contributed by atoms with Crippen LogP contribution in [0.15, 0.2) is 24.3 Å². The maximum Gasteiger partial charge on any atom is 0.416 e. The Morgan fingerprint density at radius 2 is 2.00 bits per heavy atom. The first-order chi connectivity index (χ1) is 8.54. The van der Waals surface area contributed by atoms with Crippen molar-refractivity contribution in [3.63, 3.8) is 0 Å². The molecule has 1 rings (SSSR count). The zero-order valence-corrected chi connectivity index (χ0v) is 10.4. The Hall–Kier alpha value is -1.07. The van der Waals surface area contributed by atoms with Gasteiger partial charge in [0.1, 0.15) is 0 Å². The molecule has 0 radical (unpaired) electrons. The Bertz CT molecular complexity index is 352. The summed E-state index contributed by atoms with van der Waals surface area (Å²) in [7, 11) is 1.63. The first kappa shape index (κ1) is 15.0. The molecule has 0 bridgehead atoms. The second-order valence-electron chi connectivity index (χ2n) is 4.04. The number of methoxy groups -OCH3 is 1. The largest absolute Gasteiger partial charge is 0.416 e. The molecule has 0 fully saturated rings. The Kier molecular flexibility index (Phi) is 6.15. The monoisotopic (exact) mass is 261 g/mol. The van der Waals surface area contributed by atoms with E-state index < -0.39 is 11.7 Å². The summed E-state index contributed by atoms with van der Waals surface area (Å²) in [5.41, 5.74) is 0.144. The standard InChI is InChI=1S/C13H18F3NO/c1-18-9-8-17-7-3-5-11-4-2-6-12(10-11)13(14,15)16/h2,4,6,10,17H,3,5,7-9H2,1H3. The smallest absolute Gasteiger partial charge is 0.383 e. The van der Waals surface area contributed by atoms with Gasteiger partial charge < -0.3 is 10.1 Å². The lowest BCUT2D eigenvalue weighted by atomic mass is 10.1. The number of alkyl halides is 3. The number of hydrogen-bond acceptors (Lipinski definition) is 2. The van der Waals surface area contributed by atoms with Crippen LogP contribution in [-0.2, 0) is 17.3 Å². The van der Waals surface area contributed by atoms with Gasteiger partial charge in [0.2, 0.25) is 0 Å². The van der Waals surface area contributed by atoms with E-state index in [2.05, 4.69) is 5.32 Å². The molecule has 18 heavy (non-hydrogen) atoms. The molecule has 0 aliphatic carbocycles. The van der Waals surface area contributed by atoms with Crippen LogP contribution in [0.2, 0.25) is 0 Å². The fraction of sp³-hybridized carbons (Fsp3) is 0.538. The average molecular weight is 261 g/mol. The highest BCUT2D eigenvalue weighted by atomic mass is 19.4. The van der Waals surface area contributed by atoms with E-state index in [9.17, 15) is 13.2 Å². The van der Waals surface area contributed by atoms with Crippen LogP contribution in [0, 0.1) is 0 Å². The van der Waals surface area contributed by atoms with E-state index in [1.807, 2.05) is 0 Å². The molecule has 0 aromatic heterocycles. The average Bonchev–Trinajstić information content (AvgIpc) is 2.33. The second kappa shape index (κ2) is 7.38. The number of aryl methyl sites for hydroxylation is 1. The van der Waals surface area contributed by atoms with E-state index in [0.29, 0.717) is 13.0 Å². The van der Waals surface area contributed by atoms with E-state index >= 15 is 0 Å². The zero-order valence-electron chi connectivity index (χ0n) is 10.4. The summed E-state index contributed by atoms with van der Waals surface area (Å²) < 4.78 is 42.3. The lowest BCUT2D eigenvalue weighted by Gasteiger charge is -2.09. The molecule has 0 saturated carbocycles. The Balaban J connectivity index is 2.34. The van der Waals surface area contributed by atoms with Crippen LogP contribution in [-0.4, -0.2) is 26.8 Å². The van der Waals surface area contributed by atoms with E-state index in [4.69, 9.17) is 4.74 Å². The van der Waals surface area contributed by atoms with Gasteiger partial charge in [-0.1, -0.05) is 18.2 Å². The van der Waals surface area contributed by atoms with E-state index in [1.165, 1.54) is 12.1 Å². The first-order valence-electron chi connectivity index (χ1n) is 5.90. The Morgan fingerprint density at radius 1 is 1.22 bits per heavy atom. The van der Waals surface area contributed by atoms with Gasteiger partial charge in [-0.3, -0.25) is 0 Å². The van der Waals surface area contributed by atoms with Crippen molar-refractivity contribution in [2.24, 2.45) is 0 Å². The predicted molar refractivity (Wildman–Crippen MR) is 64.5 cm³/mol. The molecule has 5 heteroatoms. The van der Waals surface area contributed by atoms with E-state index in [0.717, 1.165) is 31.1 Å². The predicted octanol–water partition coefficient (Wildman–Crippen LogP) is 2.87. The molecule has 1 aromatic rings. The van der Waals surface area contributed by atoms with Crippen LogP contribution in [0.25, 0.3) is 0 Å². The Morgan fingerprint density at radius 3 is 2.67 bits per heavy atom. The quantitative estimate of drug-likeness (QED) is 0.762. The van der Waals surface area contributed by atoms with Gasteiger partial charge in [0, 0.05) is 13.7 Å². The van der Waals surface area contributed by atoms with Gasteiger partial charge >= 0.3 is 6.18 Å². The van der Waals surface area contributed by atoms with Crippen molar-refractivity contribution in [1.29, 1.82) is 0 Å². The molecule has 0 spiro atoms. The summed E-state index contributed by atoms with van der Waals surface area (Å²) in [6, 6.07) is 5.50. The maximum atomic E-state index is 12.5. The van der Waals surface area contributed by atoms with Crippen molar-refractivity contribution >= 4 is 0 Å². The normalized spacial score (nSPS) is 11.8. The number of benzene rings is 1. The molecule has 0 unspecified atom stereocenters. The lowest BCUT2D eigenvalue weighted by molar-refractivity contribution is -0.137. The van der Waals surface area contributed by atoms with Gasteiger partial charge in [-0.25, -0.2) is 0 Å². The van der Waals surface area contributed by atoms with Crippen LogP contribution in [0.3, 0.4) is 0 Å². The van der Waals surface area contributed by atoms with E-state index in [-0.39, 0.29) is 0 Å². The van der Waals surface area contributed by atoms with Crippen LogP contribution in [0.5, 0.6) is 0 Å². The molecular weight excluding hydrogens is 243 g/mol. The highest BCUT2D eigenvalue weighted by Gasteiger charge is 2.30. The van der Waals surface area contributed by atoms with Gasteiger partial charge in [-0.2, -0.15) is 13.2 Å². The van der Waals surface area contributed by atoms with Crippen molar-refractivity contribution < 1.29 is 17.9 Å². The lowest BCUT2D eigenvalue weighted by Crippen LogP contribution is -2.20. The molecular formula is C13H18F3NO. The number of ether oxygens (including phenoxy) is 1. The molecule has 1 aromatic carbocycles. The second-order valence-corrected chi connectivity index (χ2v) is 4.04. The fourth-order valence-electron chi connectivity index (χ4n) is 1.62. The number of halogens is 3. The summed E-state index contributed by atoms with van der Waals surface area (Å²) in [5, 5.41) is 3.15. The number of nitrogens with one attached hydrogen (secondary N) is 1. The zero-order chi connectivity index (χ0) is 13.4. The van der Waals surface area contributed by atoms with Crippen molar-refractivity contribution in [1.82, 2.24) is 5.32 Å². The molecule has 1 N–H and O–H groups in total. The third-order valence-corrected chi connectivity index (χ3v) is 2.56. The highest BCUT2D eigenvalue weighted by molar-refractivity contribution is 5.25. The third-order valence-electron chi connectivity index (χ3n) is 2.56. The number of hydrogen-bond donors (Lipinski definition) is 1. The fourth-order valence-corrected chi connectivity index (χ4v) is 1.62. The maximum absolute atomic E-state index is 12.5. The van der Waals surface area contributed by atoms with Crippen LogP contribution in [0.1, 0.15) is 17.5 Å². The molecule has 0 aliphatic rings. The number of rotatable bonds is 7. The molecule has 0 heterocycles. The van der Waals surface area contributed by atoms with Crippen LogP contribution < -0.4 is 5.32 Å². The topological polar surface area (TPSA) is 21.3 Å². The summed E-state index contributed by atoms with van der Waals surface area (Å²) in [6.45, 7) is 2.18. The third kappa shape index (κ3) is 5.51. The van der Waals surface area contributed by atoms with Crippen molar-refractivity contribution in [3.05, 3.63) is 35.4 Å². The molecule has 2 nitrogen and oxygen atoms in total. The van der Waals surface area contributed by atoms with Gasteiger partial charge in [0.05, 0.1) is 12.2 Å². The summed E-state index contributed by atoms with van der Waals surface area (Å²) in [4.78, 5) is 0. The molecule has 0 saturated heterocycles. The minimum Gasteiger partial charge on any atom is -0.383 e. The summed E-state index contributed by atoms with van der Waals surface area (Å²) in [5.74, 6) is 0. The van der Waals surface area contributed by atoms with Gasteiger partial charge in [-0.15, -0.1) is 0 Å². The minimum atomic E-state index is -4.26. The first-order valence-corrected chi connectivity index (χ1v) is 5.90. The highest BCUT2D eigenvalue weighted by Crippen LogP contribution is 2.29. The Labute approximate surface area is 105 Å². The minimum absolute atomic E-state index is 0.577. The molecule has 0 amide bonds. The van der Waals surface area contributed by atoms with Crippen molar-refractivity contribution in [2.75, 3.05) is 26.8 Å². The summed E-state index contributed by atoms with van der Waals surface area (Å²) >= 11 is 0. The van der Waals surface area contributed by atoms with Gasteiger partial charge in [0.15, 0.2) is 0 Å². The van der Waals surface area contributed by atoms with Crippen molar-refractivity contribution in [2.45, 2.75) is 19.0 Å². The molecule has 0 aliphatic heterocycles. The van der Waals surface area contributed by atoms with E-state index in [1.54, 1.807) is 13.2 Å². The van der Waals surface area contributed by atoms with Crippen LogP contribution >= 0.6 is 0 Å². The van der Waals surface area contributed by atoms with Gasteiger partial charge in [-0.05, 0) is 31.0 Å². The SMILES string of the molecule is COCCNCCCc1cccc(C(F)(F)F)c1.